The number of aromatic nitrogens is 2. The molecule has 1 aromatic heterocycles. The molecule has 0 spiro atoms. The van der Waals surface area contributed by atoms with Crippen LogP contribution in [0.15, 0.2) is 23.0 Å². The fourth-order valence-electron chi connectivity index (χ4n) is 1.93. The van der Waals surface area contributed by atoms with Gasteiger partial charge in [-0.15, -0.1) is 0 Å². The van der Waals surface area contributed by atoms with E-state index < -0.39 is 5.97 Å². The predicted molar refractivity (Wildman–Crippen MR) is 72.5 cm³/mol. The number of carbonyl (C=O) groups is 1. The Morgan fingerprint density at radius 1 is 1.42 bits per heavy atom. The number of carbonyl (C=O) groups excluding carboxylic acids is 1. The second-order valence-corrected chi connectivity index (χ2v) is 4.61. The van der Waals surface area contributed by atoms with E-state index in [-0.39, 0.29) is 5.69 Å². The molecular formula is C13H17N3O3. The normalized spacial score (nSPS) is 11.2. The second-order valence-electron chi connectivity index (χ2n) is 4.61. The van der Waals surface area contributed by atoms with E-state index in [2.05, 4.69) is 9.72 Å². The molecule has 1 N–H and O–H groups in total. The third kappa shape index (κ3) is 2.68. The molecule has 2 aromatic rings. The number of hydrogen-bond acceptors (Lipinski definition) is 4. The highest BCUT2D eigenvalue weighted by molar-refractivity contribution is 5.93. The fraction of sp³-hybridized carbons (Fsp3) is 0.385. The number of fused-ring (bicyclic) bond motifs is 1. The van der Waals surface area contributed by atoms with Crippen molar-refractivity contribution in [3.05, 3.63) is 34.2 Å². The number of ether oxygens (including phenoxy) is 1. The van der Waals surface area contributed by atoms with Crippen molar-refractivity contribution in [2.24, 2.45) is 0 Å². The molecular weight excluding hydrogens is 246 g/mol. The minimum atomic E-state index is -0.413. The van der Waals surface area contributed by atoms with E-state index in [0.717, 1.165) is 12.1 Å². The van der Waals surface area contributed by atoms with Crippen molar-refractivity contribution in [3.8, 4) is 0 Å². The lowest BCUT2D eigenvalue weighted by atomic mass is 10.2. The summed E-state index contributed by atoms with van der Waals surface area (Å²) in [6, 6.07) is 5.05. The topological polar surface area (TPSA) is 67.3 Å². The number of likely N-dealkylation sites (N-methyl/N-ethyl adjacent to an activating group) is 1. The van der Waals surface area contributed by atoms with E-state index in [1.54, 1.807) is 22.8 Å². The zero-order valence-corrected chi connectivity index (χ0v) is 11.3. The molecule has 0 radical (unpaired) electrons. The summed E-state index contributed by atoms with van der Waals surface area (Å²) in [5.41, 5.74) is 1.70. The Hall–Kier alpha value is -2.08. The Kier molecular flexibility index (Phi) is 3.71. The molecule has 102 valence electrons. The summed E-state index contributed by atoms with van der Waals surface area (Å²) < 4.78 is 6.32. The molecule has 6 nitrogen and oxygen atoms in total. The molecule has 0 saturated heterocycles. The van der Waals surface area contributed by atoms with Gasteiger partial charge in [-0.3, -0.25) is 4.57 Å². The lowest BCUT2D eigenvalue weighted by Gasteiger charge is -2.09. The molecule has 0 atom stereocenters. The monoisotopic (exact) mass is 263 g/mol. The fourth-order valence-corrected chi connectivity index (χ4v) is 1.93. The molecule has 19 heavy (non-hydrogen) atoms. The molecule has 0 unspecified atom stereocenters. The molecule has 0 aliphatic heterocycles. The van der Waals surface area contributed by atoms with E-state index in [0.29, 0.717) is 17.6 Å². The largest absolute Gasteiger partial charge is 0.465 e. The first kappa shape index (κ1) is 13.4. The van der Waals surface area contributed by atoms with Crippen LogP contribution >= 0.6 is 0 Å². The van der Waals surface area contributed by atoms with Gasteiger partial charge >= 0.3 is 11.7 Å². The summed E-state index contributed by atoms with van der Waals surface area (Å²) in [6.45, 7) is 1.37. The molecule has 0 aliphatic carbocycles. The van der Waals surface area contributed by atoms with Gasteiger partial charge in [0.2, 0.25) is 0 Å². The maximum Gasteiger partial charge on any atom is 0.337 e. The number of hydrogen-bond donors (Lipinski definition) is 1. The van der Waals surface area contributed by atoms with E-state index in [9.17, 15) is 9.59 Å². The van der Waals surface area contributed by atoms with Crippen LogP contribution in [0.2, 0.25) is 0 Å². The van der Waals surface area contributed by atoms with E-state index in [1.165, 1.54) is 7.11 Å². The summed E-state index contributed by atoms with van der Waals surface area (Å²) in [6.07, 6.45) is 0. The maximum absolute atomic E-state index is 11.9. The summed E-state index contributed by atoms with van der Waals surface area (Å²) in [7, 11) is 5.24. The van der Waals surface area contributed by atoms with Crippen molar-refractivity contribution in [1.82, 2.24) is 14.5 Å². The van der Waals surface area contributed by atoms with Gasteiger partial charge in [0.15, 0.2) is 0 Å². The zero-order chi connectivity index (χ0) is 14.0. The number of nitrogens with one attached hydrogen (secondary N) is 1. The van der Waals surface area contributed by atoms with Crippen LogP contribution in [0.3, 0.4) is 0 Å². The SMILES string of the molecule is COC(=O)c1ccc2c(c1)[nH]c(=O)n2CCN(C)C. The van der Waals surface area contributed by atoms with Crippen LogP contribution in [0.25, 0.3) is 11.0 Å². The van der Waals surface area contributed by atoms with E-state index in [4.69, 9.17) is 0 Å². The van der Waals surface area contributed by atoms with Gasteiger partial charge in [0.25, 0.3) is 0 Å². The van der Waals surface area contributed by atoms with Gasteiger partial charge in [-0.2, -0.15) is 0 Å². The highest BCUT2D eigenvalue weighted by atomic mass is 16.5. The molecule has 0 bridgehead atoms. The number of methoxy groups -OCH3 is 1. The minimum Gasteiger partial charge on any atom is -0.465 e. The van der Waals surface area contributed by atoms with Gasteiger partial charge in [-0.25, -0.2) is 9.59 Å². The summed E-state index contributed by atoms with van der Waals surface area (Å²) in [5, 5.41) is 0. The molecule has 0 fully saturated rings. The average molecular weight is 263 g/mol. The van der Waals surface area contributed by atoms with Gasteiger partial charge in [-0.1, -0.05) is 0 Å². The Labute approximate surface area is 110 Å². The predicted octanol–water partition coefficient (Wildman–Crippen LogP) is 0.678. The van der Waals surface area contributed by atoms with Crippen molar-refractivity contribution in [1.29, 1.82) is 0 Å². The lowest BCUT2D eigenvalue weighted by molar-refractivity contribution is 0.0601. The van der Waals surface area contributed by atoms with Crippen LogP contribution in [0, 0.1) is 0 Å². The molecule has 1 aromatic carbocycles. The zero-order valence-electron chi connectivity index (χ0n) is 11.3. The van der Waals surface area contributed by atoms with Crippen LogP contribution in [0.5, 0.6) is 0 Å². The summed E-state index contributed by atoms with van der Waals surface area (Å²) in [4.78, 5) is 28.1. The Morgan fingerprint density at radius 2 is 2.16 bits per heavy atom. The standard InChI is InChI=1S/C13H17N3O3/c1-15(2)6-7-16-11-5-4-9(12(17)19-3)8-10(11)14-13(16)18/h4-5,8H,6-7H2,1-3H3,(H,14,18). The summed E-state index contributed by atoms with van der Waals surface area (Å²) >= 11 is 0. The van der Waals surface area contributed by atoms with Crippen LogP contribution in [-0.4, -0.2) is 48.2 Å². The van der Waals surface area contributed by atoms with Gasteiger partial charge in [0.1, 0.15) is 0 Å². The van der Waals surface area contributed by atoms with Crippen molar-refractivity contribution in [2.45, 2.75) is 6.54 Å². The first-order valence-corrected chi connectivity index (χ1v) is 5.98. The van der Waals surface area contributed by atoms with Crippen LogP contribution in [-0.2, 0) is 11.3 Å². The van der Waals surface area contributed by atoms with Crippen LogP contribution < -0.4 is 5.69 Å². The van der Waals surface area contributed by atoms with Crippen LogP contribution in [0.4, 0.5) is 0 Å². The molecule has 0 saturated carbocycles. The smallest absolute Gasteiger partial charge is 0.337 e. The highest BCUT2D eigenvalue weighted by Gasteiger charge is 2.11. The first-order valence-electron chi connectivity index (χ1n) is 5.98. The molecule has 0 aliphatic rings. The van der Waals surface area contributed by atoms with Gasteiger partial charge in [0, 0.05) is 13.1 Å². The quantitative estimate of drug-likeness (QED) is 0.824. The molecule has 1 heterocycles. The van der Waals surface area contributed by atoms with Gasteiger partial charge in [-0.05, 0) is 32.3 Å². The van der Waals surface area contributed by atoms with Crippen molar-refractivity contribution in [3.63, 3.8) is 0 Å². The van der Waals surface area contributed by atoms with Crippen molar-refractivity contribution in [2.75, 3.05) is 27.7 Å². The van der Waals surface area contributed by atoms with Gasteiger partial charge in [0.05, 0.1) is 23.7 Å². The van der Waals surface area contributed by atoms with E-state index >= 15 is 0 Å². The number of benzene rings is 1. The third-order valence-electron chi connectivity index (χ3n) is 2.97. The number of rotatable bonds is 4. The number of esters is 1. The molecule has 2 rings (SSSR count). The van der Waals surface area contributed by atoms with E-state index in [1.807, 2.05) is 19.0 Å². The average Bonchev–Trinajstić information content (AvgIpc) is 2.69. The summed E-state index contributed by atoms with van der Waals surface area (Å²) in [5.74, 6) is -0.413. The van der Waals surface area contributed by atoms with Crippen molar-refractivity contribution < 1.29 is 9.53 Å². The number of H-pyrrole nitrogens is 1. The molecule has 0 amide bonds. The Bertz CT molecular complexity index is 655. The highest BCUT2D eigenvalue weighted by Crippen LogP contribution is 2.13. The second kappa shape index (κ2) is 5.27. The van der Waals surface area contributed by atoms with Crippen LogP contribution in [0.1, 0.15) is 10.4 Å². The number of nitrogens with zero attached hydrogens (tertiary/aromatic N) is 2. The lowest BCUT2D eigenvalue weighted by Crippen LogP contribution is -2.24. The molecule has 6 heteroatoms. The van der Waals surface area contributed by atoms with Gasteiger partial charge < -0.3 is 14.6 Å². The maximum atomic E-state index is 11.9. The number of aromatic amines is 1. The number of imidazole rings is 1. The Balaban J connectivity index is 2.42. The minimum absolute atomic E-state index is 0.168. The van der Waals surface area contributed by atoms with Crippen molar-refractivity contribution >= 4 is 17.0 Å². The third-order valence-corrected chi connectivity index (χ3v) is 2.97. The Morgan fingerprint density at radius 3 is 2.79 bits per heavy atom. The first-order chi connectivity index (χ1) is 9.02.